The third-order valence-electron chi connectivity index (χ3n) is 4.19. The summed E-state index contributed by atoms with van der Waals surface area (Å²) in [7, 11) is 0. The molecule has 0 aromatic heterocycles. The second-order valence-corrected chi connectivity index (χ2v) is 5.89. The molecule has 0 saturated carbocycles. The lowest BCUT2D eigenvalue weighted by Gasteiger charge is -2.36. The summed E-state index contributed by atoms with van der Waals surface area (Å²) in [4.78, 5) is 18.2. The van der Waals surface area contributed by atoms with Gasteiger partial charge in [-0.05, 0) is 25.7 Å². The summed E-state index contributed by atoms with van der Waals surface area (Å²) in [6.07, 6.45) is 6.28. The monoisotopic (exact) mass is 316 g/mol. The molecule has 8 nitrogen and oxygen atoms in total. The molecule has 0 radical (unpaired) electrons. The average Bonchev–Trinajstić information content (AvgIpc) is 2.59. The average molecular weight is 316 g/mol. The Labute approximate surface area is 129 Å². The molecule has 8 heteroatoms. The van der Waals surface area contributed by atoms with Crippen molar-refractivity contribution >= 4 is 11.9 Å². The molecule has 6 heterocycles. The van der Waals surface area contributed by atoms with Crippen LogP contribution in [0, 0.1) is 0 Å². The molecule has 0 aromatic rings. The Morgan fingerprint density at radius 3 is 1.23 bits per heavy atom. The number of hydrogen-bond acceptors (Lipinski definition) is 6. The molecule has 6 aliphatic rings. The maximum atomic E-state index is 9.10. The number of carboxylic acid groups (broad SMARTS) is 2. The fraction of sp³-hybridized carbons (Fsp3) is 0.857. The van der Waals surface area contributed by atoms with Crippen molar-refractivity contribution in [2.45, 2.75) is 50.0 Å². The predicted molar refractivity (Wildman–Crippen MR) is 76.8 cm³/mol. The van der Waals surface area contributed by atoms with Crippen molar-refractivity contribution in [3.63, 3.8) is 0 Å². The fourth-order valence-electron chi connectivity index (χ4n) is 2.85. The SMILES string of the molecule is C1C[C@H]2CN[C@@H]1CO2.C1C[C@H]2CN[C@@H]1CO2.O=C(O)C(=O)O. The molecule has 4 bridgehead atoms. The second kappa shape index (κ2) is 8.42. The maximum Gasteiger partial charge on any atom is 0.414 e. The Balaban J connectivity index is 0.000000123. The van der Waals surface area contributed by atoms with Gasteiger partial charge in [0.05, 0.1) is 25.4 Å². The van der Waals surface area contributed by atoms with Crippen molar-refractivity contribution in [3.8, 4) is 0 Å². The van der Waals surface area contributed by atoms with E-state index in [-0.39, 0.29) is 0 Å². The number of morpholine rings is 2. The molecule has 0 amide bonds. The molecule has 6 saturated heterocycles. The van der Waals surface area contributed by atoms with Gasteiger partial charge in [0.2, 0.25) is 0 Å². The van der Waals surface area contributed by atoms with Crippen molar-refractivity contribution in [1.82, 2.24) is 10.6 Å². The van der Waals surface area contributed by atoms with Gasteiger partial charge in [-0.25, -0.2) is 9.59 Å². The van der Waals surface area contributed by atoms with E-state index in [0.717, 1.165) is 26.3 Å². The van der Waals surface area contributed by atoms with Gasteiger partial charge >= 0.3 is 11.9 Å². The van der Waals surface area contributed by atoms with Gasteiger partial charge in [0, 0.05) is 25.2 Å². The normalized spacial score (nSPS) is 34.7. The van der Waals surface area contributed by atoms with E-state index in [1.165, 1.54) is 25.7 Å². The van der Waals surface area contributed by atoms with Crippen LogP contribution in [0.5, 0.6) is 0 Å². The van der Waals surface area contributed by atoms with Crippen LogP contribution < -0.4 is 10.6 Å². The minimum atomic E-state index is -1.82. The number of carbonyl (C=O) groups is 2. The highest BCUT2D eigenvalue weighted by atomic mass is 16.5. The quantitative estimate of drug-likeness (QED) is 0.439. The molecule has 6 rings (SSSR count). The minimum Gasteiger partial charge on any atom is -0.473 e. The number of aliphatic carboxylic acids is 2. The van der Waals surface area contributed by atoms with Crippen LogP contribution in [-0.4, -0.2) is 72.7 Å². The van der Waals surface area contributed by atoms with Crippen LogP contribution in [0.15, 0.2) is 0 Å². The number of nitrogens with one attached hydrogen (secondary N) is 2. The molecule has 6 aliphatic heterocycles. The van der Waals surface area contributed by atoms with E-state index in [9.17, 15) is 0 Å². The molecule has 4 atom stereocenters. The van der Waals surface area contributed by atoms with E-state index in [1.54, 1.807) is 0 Å². The van der Waals surface area contributed by atoms with Gasteiger partial charge in [0.15, 0.2) is 0 Å². The van der Waals surface area contributed by atoms with Crippen molar-refractivity contribution in [2.75, 3.05) is 26.3 Å². The largest absolute Gasteiger partial charge is 0.473 e. The molecular weight excluding hydrogens is 292 g/mol. The van der Waals surface area contributed by atoms with Gasteiger partial charge in [0.25, 0.3) is 0 Å². The first-order valence-corrected chi connectivity index (χ1v) is 7.70. The lowest BCUT2D eigenvalue weighted by Crippen LogP contribution is -2.51. The summed E-state index contributed by atoms with van der Waals surface area (Å²) in [5.74, 6) is -3.65. The number of hydrogen-bond donors (Lipinski definition) is 4. The van der Waals surface area contributed by atoms with E-state index in [2.05, 4.69) is 10.6 Å². The second-order valence-electron chi connectivity index (χ2n) is 5.89. The van der Waals surface area contributed by atoms with Crippen LogP contribution in [0.3, 0.4) is 0 Å². The summed E-state index contributed by atoms with van der Waals surface area (Å²) in [5.41, 5.74) is 0. The topological polar surface area (TPSA) is 117 Å². The van der Waals surface area contributed by atoms with Crippen molar-refractivity contribution in [3.05, 3.63) is 0 Å². The number of piperidine rings is 2. The van der Waals surface area contributed by atoms with Gasteiger partial charge in [-0.3, -0.25) is 0 Å². The first-order valence-electron chi connectivity index (χ1n) is 7.70. The van der Waals surface area contributed by atoms with Crippen LogP contribution in [-0.2, 0) is 19.1 Å². The zero-order valence-electron chi connectivity index (χ0n) is 12.5. The molecular formula is C14H24N2O6. The van der Waals surface area contributed by atoms with Crippen LogP contribution >= 0.6 is 0 Å². The Morgan fingerprint density at radius 2 is 1.18 bits per heavy atom. The van der Waals surface area contributed by atoms with Gasteiger partial charge in [-0.1, -0.05) is 0 Å². The minimum absolute atomic E-state index is 0.542. The molecule has 0 aromatic carbocycles. The van der Waals surface area contributed by atoms with Crippen molar-refractivity contribution in [1.29, 1.82) is 0 Å². The van der Waals surface area contributed by atoms with Gasteiger partial charge in [-0.2, -0.15) is 0 Å². The molecule has 0 unspecified atom stereocenters. The Bertz CT molecular complexity index is 293. The maximum absolute atomic E-state index is 9.10. The van der Waals surface area contributed by atoms with Crippen LogP contribution in [0.1, 0.15) is 25.7 Å². The Hall–Kier alpha value is -1.22. The molecule has 0 spiro atoms. The number of rotatable bonds is 0. The molecule has 126 valence electrons. The van der Waals surface area contributed by atoms with Gasteiger partial charge in [-0.15, -0.1) is 0 Å². The standard InChI is InChI=1S/2C6H11NO.C2H2O4/c2*1-2-6-3-7-5(1)4-8-6;3-1(4)2(5)6/h2*5-7H,1-4H2;(H,3,4)(H,5,6)/t2*5-,6-;/m00./s1. The molecule has 6 fully saturated rings. The van der Waals surface area contributed by atoms with Crippen LogP contribution in [0.2, 0.25) is 0 Å². The summed E-state index contributed by atoms with van der Waals surface area (Å²) in [6.45, 7) is 4.07. The zero-order chi connectivity index (χ0) is 15.9. The lowest BCUT2D eigenvalue weighted by atomic mass is 10.0. The molecule has 0 aliphatic carbocycles. The van der Waals surface area contributed by atoms with E-state index in [4.69, 9.17) is 29.3 Å². The van der Waals surface area contributed by atoms with Gasteiger partial charge in [0.1, 0.15) is 0 Å². The van der Waals surface area contributed by atoms with Crippen molar-refractivity contribution < 1.29 is 29.3 Å². The molecule has 4 N–H and O–H groups in total. The third kappa shape index (κ3) is 5.53. The highest BCUT2D eigenvalue weighted by molar-refractivity contribution is 6.27. The van der Waals surface area contributed by atoms with Crippen molar-refractivity contribution in [2.24, 2.45) is 0 Å². The summed E-state index contributed by atoms with van der Waals surface area (Å²) in [5, 5.41) is 21.6. The van der Waals surface area contributed by atoms with E-state index in [1.807, 2.05) is 0 Å². The number of fused-ring (bicyclic) bond motifs is 6. The van der Waals surface area contributed by atoms with E-state index < -0.39 is 11.9 Å². The Kier molecular flexibility index (Phi) is 6.56. The van der Waals surface area contributed by atoms with Crippen LogP contribution in [0.25, 0.3) is 0 Å². The first kappa shape index (κ1) is 17.1. The van der Waals surface area contributed by atoms with Crippen LogP contribution in [0.4, 0.5) is 0 Å². The highest BCUT2D eigenvalue weighted by Crippen LogP contribution is 2.18. The number of carboxylic acids is 2. The zero-order valence-corrected chi connectivity index (χ0v) is 12.5. The predicted octanol–water partition coefficient (Wildman–Crippen LogP) is -0.570. The van der Waals surface area contributed by atoms with Gasteiger partial charge < -0.3 is 30.3 Å². The molecule has 22 heavy (non-hydrogen) atoms. The smallest absolute Gasteiger partial charge is 0.414 e. The lowest BCUT2D eigenvalue weighted by molar-refractivity contribution is -0.159. The van der Waals surface area contributed by atoms with E-state index in [0.29, 0.717) is 24.3 Å². The summed E-state index contributed by atoms with van der Waals surface area (Å²) >= 11 is 0. The number of ether oxygens (including phenoxy) is 2. The Morgan fingerprint density at radius 1 is 0.773 bits per heavy atom. The third-order valence-corrected chi connectivity index (χ3v) is 4.19. The summed E-state index contributed by atoms with van der Waals surface area (Å²) < 4.78 is 10.8. The first-order chi connectivity index (χ1) is 10.5. The summed E-state index contributed by atoms with van der Waals surface area (Å²) in [6, 6.07) is 1.36. The fourth-order valence-corrected chi connectivity index (χ4v) is 2.85. The van der Waals surface area contributed by atoms with E-state index >= 15 is 0 Å². The highest BCUT2D eigenvalue weighted by Gasteiger charge is 2.27.